The predicted octanol–water partition coefficient (Wildman–Crippen LogP) is 2.03. The molecule has 3 N–H and O–H groups in total. The quantitative estimate of drug-likeness (QED) is 0.596. The summed E-state index contributed by atoms with van der Waals surface area (Å²) in [6, 6.07) is 15.6. The SMILES string of the molecule is CN[C@@H](Cc1ccccc1)C(=O)N[C@H](CCc1ccc(OC)cc1)C(=O)O. The summed E-state index contributed by atoms with van der Waals surface area (Å²) in [6.07, 6.45) is 1.35. The lowest BCUT2D eigenvalue weighted by Gasteiger charge is -2.20. The van der Waals surface area contributed by atoms with Gasteiger partial charge in [0.25, 0.3) is 0 Å². The van der Waals surface area contributed by atoms with E-state index >= 15 is 0 Å². The maximum atomic E-state index is 12.5. The van der Waals surface area contributed by atoms with Gasteiger partial charge in [0.05, 0.1) is 13.2 Å². The molecule has 0 aliphatic carbocycles. The van der Waals surface area contributed by atoms with E-state index in [1.54, 1.807) is 14.2 Å². The van der Waals surface area contributed by atoms with Crippen LogP contribution in [0, 0.1) is 0 Å². The van der Waals surface area contributed by atoms with Crippen LogP contribution in [0.5, 0.6) is 5.75 Å². The van der Waals surface area contributed by atoms with Crippen molar-refractivity contribution in [2.75, 3.05) is 14.2 Å². The fourth-order valence-corrected chi connectivity index (χ4v) is 2.81. The number of benzene rings is 2. The smallest absolute Gasteiger partial charge is 0.326 e. The lowest BCUT2D eigenvalue weighted by atomic mass is 10.0. The molecule has 27 heavy (non-hydrogen) atoms. The fourth-order valence-electron chi connectivity index (χ4n) is 2.81. The first-order chi connectivity index (χ1) is 13.0. The Balaban J connectivity index is 1.94. The number of aryl methyl sites for hydroxylation is 1. The Morgan fingerprint density at radius 1 is 1.00 bits per heavy atom. The molecule has 6 heteroatoms. The number of hydrogen-bond acceptors (Lipinski definition) is 4. The Kier molecular flexibility index (Phi) is 7.82. The number of ether oxygens (including phenoxy) is 1. The van der Waals surface area contributed by atoms with Gasteiger partial charge in [-0.3, -0.25) is 4.79 Å². The van der Waals surface area contributed by atoms with Crippen LogP contribution in [0.15, 0.2) is 54.6 Å². The topological polar surface area (TPSA) is 87.7 Å². The number of carbonyl (C=O) groups excluding carboxylic acids is 1. The van der Waals surface area contributed by atoms with Crippen molar-refractivity contribution in [3.8, 4) is 5.75 Å². The third-order valence-electron chi connectivity index (χ3n) is 4.44. The van der Waals surface area contributed by atoms with E-state index in [9.17, 15) is 14.7 Å². The van der Waals surface area contributed by atoms with Crippen LogP contribution in [0.3, 0.4) is 0 Å². The van der Waals surface area contributed by atoms with Crippen LogP contribution in [0.4, 0.5) is 0 Å². The number of amides is 1. The minimum atomic E-state index is -1.04. The standard InChI is InChI=1S/C21H26N2O4/c1-22-19(14-16-6-4-3-5-7-16)20(24)23-18(21(25)26)13-10-15-8-11-17(27-2)12-9-15/h3-9,11-12,18-19,22H,10,13-14H2,1-2H3,(H,23,24)(H,25,26)/t18-,19+/m1/s1. The van der Waals surface area contributed by atoms with Crippen LogP contribution in [0.2, 0.25) is 0 Å². The van der Waals surface area contributed by atoms with Crippen LogP contribution in [0.1, 0.15) is 17.5 Å². The van der Waals surface area contributed by atoms with Gasteiger partial charge in [0.15, 0.2) is 0 Å². The first kappa shape index (κ1) is 20.5. The highest BCUT2D eigenvalue weighted by Gasteiger charge is 2.24. The van der Waals surface area contributed by atoms with Crippen LogP contribution in [-0.2, 0) is 22.4 Å². The van der Waals surface area contributed by atoms with Crippen molar-refractivity contribution in [2.45, 2.75) is 31.3 Å². The molecule has 0 bridgehead atoms. The molecule has 0 aliphatic heterocycles. The van der Waals surface area contributed by atoms with Crippen molar-refractivity contribution in [2.24, 2.45) is 0 Å². The average molecular weight is 370 g/mol. The molecule has 0 saturated carbocycles. The van der Waals surface area contributed by atoms with Crippen LogP contribution >= 0.6 is 0 Å². The van der Waals surface area contributed by atoms with Crippen molar-refractivity contribution >= 4 is 11.9 Å². The third kappa shape index (κ3) is 6.42. The molecule has 0 aromatic heterocycles. The van der Waals surface area contributed by atoms with Gasteiger partial charge in [0, 0.05) is 0 Å². The number of carboxylic acid groups (broad SMARTS) is 1. The molecule has 2 atom stereocenters. The predicted molar refractivity (Wildman–Crippen MR) is 104 cm³/mol. The molecule has 2 aromatic carbocycles. The van der Waals surface area contributed by atoms with Crippen LogP contribution < -0.4 is 15.4 Å². The van der Waals surface area contributed by atoms with Gasteiger partial charge in [-0.1, -0.05) is 42.5 Å². The van der Waals surface area contributed by atoms with Gasteiger partial charge in [-0.15, -0.1) is 0 Å². The number of likely N-dealkylation sites (N-methyl/N-ethyl adjacent to an activating group) is 1. The molecule has 0 radical (unpaired) electrons. The summed E-state index contributed by atoms with van der Waals surface area (Å²) < 4.78 is 5.12. The van der Waals surface area contributed by atoms with Crippen LogP contribution in [0.25, 0.3) is 0 Å². The molecule has 0 fully saturated rings. The highest BCUT2D eigenvalue weighted by molar-refractivity contribution is 5.87. The molecule has 2 aromatic rings. The lowest BCUT2D eigenvalue weighted by Crippen LogP contribution is -2.50. The van der Waals surface area contributed by atoms with Gasteiger partial charge >= 0.3 is 5.97 Å². The number of rotatable bonds is 10. The normalized spacial score (nSPS) is 12.8. The van der Waals surface area contributed by atoms with Crippen LogP contribution in [-0.4, -0.2) is 43.2 Å². The molecule has 0 aliphatic rings. The summed E-state index contributed by atoms with van der Waals surface area (Å²) in [5.41, 5.74) is 2.00. The summed E-state index contributed by atoms with van der Waals surface area (Å²) >= 11 is 0. The van der Waals surface area contributed by atoms with Gasteiger partial charge in [-0.2, -0.15) is 0 Å². The largest absolute Gasteiger partial charge is 0.497 e. The second-order valence-corrected chi connectivity index (χ2v) is 6.32. The van der Waals surface area contributed by atoms with Gasteiger partial charge in [0.2, 0.25) is 5.91 Å². The second-order valence-electron chi connectivity index (χ2n) is 6.32. The molecule has 2 rings (SSSR count). The van der Waals surface area contributed by atoms with E-state index in [2.05, 4.69) is 10.6 Å². The Bertz CT molecular complexity index is 732. The van der Waals surface area contributed by atoms with E-state index < -0.39 is 18.1 Å². The number of aliphatic carboxylic acids is 1. The molecular weight excluding hydrogens is 344 g/mol. The van der Waals surface area contributed by atoms with E-state index in [4.69, 9.17) is 4.74 Å². The van der Waals surface area contributed by atoms with Crippen molar-refractivity contribution in [1.82, 2.24) is 10.6 Å². The number of nitrogens with one attached hydrogen (secondary N) is 2. The highest BCUT2D eigenvalue weighted by Crippen LogP contribution is 2.13. The lowest BCUT2D eigenvalue weighted by molar-refractivity contribution is -0.142. The Hall–Kier alpha value is -2.86. The minimum absolute atomic E-state index is 0.315. The molecule has 144 valence electrons. The molecule has 6 nitrogen and oxygen atoms in total. The summed E-state index contributed by atoms with van der Waals surface area (Å²) in [7, 11) is 3.29. The Morgan fingerprint density at radius 2 is 1.67 bits per heavy atom. The summed E-state index contributed by atoms with van der Waals surface area (Å²) in [5, 5.41) is 15.1. The van der Waals surface area contributed by atoms with Gasteiger partial charge in [-0.05, 0) is 49.6 Å². The molecule has 0 spiro atoms. The Labute approximate surface area is 159 Å². The monoisotopic (exact) mass is 370 g/mol. The van der Waals surface area contributed by atoms with Gasteiger partial charge < -0.3 is 20.5 Å². The van der Waals surface area contributed by atoms with E-state index in [1.165, 1.54) is 0 Å². The number of carbonyl (C=O) groups is 2. The van der Waals surface area contributed by atoms with Crippen molar-refractivity contribution < 1.29 is 19.4 Å². The van der Waals surface area contributed by atoms with Crippen molar-refractivity contribution in [3.05, 3.63) is 65.7 Å². The average Bonchev–Trinajstić information content (AvgIpc) is 2.70. The highest BCUT2D eigenvalue weighted by atomic mass is 16.5. The molecule has 0 unspecified atom stereocenters. The first-order valence-corrected chi connectivity index (χ1v) is 8.90. The zero-order chi connectivity index (χ0) is 19.6. The van der Waals surface area contributed by atoms with E-state index in [-0.39, 0.29) is 5.91 Å². The number of carboxylic acids is 1. The van der Waals surface area contributed by atoms with E-state index in [0.29, 0.717) is 19.3 Å². The van der Waals surface area contributed by atoms with Gasteiger partial charge in [0.1, 0.15) is 11.8 Å². The maximum absolute atomic E-state index is 12.5. The van der Waals surface area contributed by atoms with Crippen molar-refractivity contribution in [1.29, 1.82) is 0 Å². The van der Waals surface area contributed by atoms with E-state index in [1.807, 2.05) is 54.6 Å². The zero-order valence-electron chi connectivity index (χ0n) is 15.6. The maximum Gasteiger partial charge on any atom is 0.326 e. The fraction of sp³-hybridized carbons (Fsp3) is 0.333. The molecule has 0 saturated heterocycles. The number of hydrogen-bond donors (Lipinski definition) is 3. The molecule has 0 heterocycles. The molecular formula is C21H26N2O4. The second kappa shape index (κ2) is 10.3. The Morgan fingerprint density at radius 3 is 2.22 bits per heavy atom. The zero-order valence-corrected chi connectivity index (χ0v) is 15.6. The van der Waals surface area contributed by atoms with Crippen molar-refractivity contribution in [3.63, 3.8) is 0 Å². The summed E-state index contributed by atoms with van der Waals surface area (Å²) in [6.45, 7) is 0. The number of methoxy groups -OCH3 is 1. The summed E-state index contributed by atoms with van der Waals surface area (Å²) in [4.78, 5) is 24.1. The summed E-state index contributed by atoms with van der Waals surface area (Å²) in [5.74, 6) is -0.602. The third-order valence-corrected chi connectivity index (χ3v) is 4.44. The minimum Gasteiger partial charge on any atom is -0.497 e. The first-order valence-electron chi connectivity index (χ1n) is 8.90. The van der Waals surface area contributed by atoms with E-state index in [0.717, 1.165) is 16.9 Å². The van der Waals surface area contributed by atoms with Gasteiger partial charge in [-0.25, -0.2) is 4.79 Å². The molecule has 1 amide bonds.